The van der Waals surface area contributed by atoms with Crippen molar-refractivity contribution in [1.29, 1.82) is 0 Å². The molecular weight excluding hydrogens is 274 g/mol. The fraction of sp³-hybridized carbons (Fsp3) is 0.167. The van der Waals surface area contributed by atoms with Crippen molar-refractivity contribution in [3.05, 3.63) is 66.4 Å². The molecule has 2 aromatic carbocycles. The van der Waals surface area contributed by atoms with Gasteiger partial charge in [-0.05, 0) is 18.6 Å². The molecule has 2 N–H and O–H groups in total. The predicted octanol–water partition coefficient (Wildman–Crippen LogP) is 4.06. The van der Waals surface area contributed by atoms with Crippen LogP contribution in [0.2, 0.25) is 0 Å². The van der Waals surface area contributed by atoms with E-state index in [-0.39, 0.29) is 12.1 Å². The van der Waals surface area contributed by atoms with E-state index in [1.54, 1.807) is 0 Å². The standard InChI is InChI=1S/C18H19N3O/c1-13(14-8-4-3-5-9-14)19-18(22)20-16-12-21(2)17-11-7-6-10-15(16)17/h3-13H,1-2H3,(H2,19,20,22)/t13-/m1/s1. The number of nitrogens with one attached hydrogen (secondary N) is 2. The Morgan fingerprint density at radius 2 is 1.73 bits per heavy atom. The van der Waals surface area contributed by atoms with E-state index >= 15 is 0 Å². The molecule has 22 heavy (non-hydrogen) atoms. The highest BCUT2D eigenvalue weighted by Crippen LogP contribution is 2.24. The van der Waals surface area contributed by atoms with Crippen molar-refractivity contribution in [2.45, 2.75) is 13.0 Å². The third-order valence-electron chi connectivity index (χ3n) is 3.79. The average molecular weight is 293 g/mol. The summed E-state index contributed by atoms with van der Waals surface area (Å²) in [5.74, 6) is 0. The van der Waals surface area contributed by atoms with Gasteiger partial charge in [0.25, 0.3) is 0 Å². The fourth-order valence-electron chi connectivity index (χ4n) is 2.62. The lowest BCUT2D eigenvalue weighted by molar-refractivity contribution is 0.249. The number of rotatable bonds is 3. The smallest absolute Gasteiger partial charge is 0.319 e. The van der Waals surface area contributed by atoms with Crippen LogP contribution in [0, 0.1) is 0 Å². The van der Waals surface area contributed by atoms with Crippen molar-refractivity contribution in [3.63, 3.8) is 0 Å². The molecule has 0 radical (unpaired) electrons. The molecule has 0 aliphatic heterocycles. The summed E-state index contributed by atoms with van der Waals surface area (Å²) in [5.41, 5.74) is 2.99. The topological polar surface area (TPSA) is 46.1 Å². The highest BCUT2D eigenvalue weighted by Gasteiger charge is 2.12. The Kier molecular flexibility index (Phi) is 3.83. The van der Waals surface area contributed by atoms with Crippen LogP contribution in [-0.4, -0.2) is 10.6 Å². The number of hydrogen-bond donors (Lipinski definition) is 2. The first-order valence-electron chi connectivity index (χ1n) is 7.31. The van der Waals surface area contributed by atoms with Crippen molar-refractivity contribution in [2.24, 2.45) is 7.05 Å². The summed E-state index contributed by atoms with van der Waals surface area (Å²) in [4.78, 5) is 12.2. The van der Waals surface area contributed by atoms with Crippen LogP contribution in [0.4, 0.5) is 10.5 Å². The van der Waals surface area contributed by atoms with Gasteiger partial charge in [0.05, 0.1) is 11.7 Å². The molecule has 3 rings (SSSR count). The number of fused-ring (bicyclic) bond motifs is 1. The molecule has 1 atom stereocenters. The zero-order valence-corrected chi connectivity index (χ0v) is 12.7. The maximum Gasteiger partial charge on any atom is 0.319 e. The maximum absolute atomic E-state index is 12.2. The van der Waals surface area contributed by atoms with Crippen LogP contribution in [0.5, 0.6) is 0 Å². The average Bonchev–Trinajstić information content (AvgIpc) is 2.85. The second-order valence-electron chi connectivity index (χ2n) is 5.40. The molecular formula is C18H19N3O. The predicted molar refractivity (Wildman–Crippen MR) is 89.9 cm³/mol. The minimum absolute atomic E-state index is 0.0452. The third kappa shape index (κ3) is 2.81. The van der Waals surface area contributed by atoms with E-state index < -0.39 is 0 Å². The molecule has 0 spiro atoms. The van der Waals surface area contributed by atoms with Gasteiger partial charge in [-0.25, -0.2) is 4.79 Å². The number of nitrogens with zero attached hydrogens (tertiary/aromatic N) is 1. The van der Waals surface area contributed by atoms with Crippen molar-refractivity contribution < 1.29 is 4.79 Å². The molecule has 0 bridgehead atoms. The van der Waals surface area contributed by atoms with Crippen LogP contribution >= 0.6 is 0 Å². The quantitative estimate of drug-likeness (QED) is 0.751. The van der Waals surface area contributed by atoms with Gasteiger partial charge in [0.1, 0.15) is 0 Å². The lowest BCUT2D eigenvalue weighted by Gasteiger charge is -2.14. The third-order valence-corrected chi connectivity index (χ3v) is 3.79. The van der Waals surface area contributed by atoms with E-state index in [9.17, 15) is 4.79 Å². The fourth-order valence-corrected chi connectivity index (χ4v) is 2.62. The van der Waals surface area contributed by atoms with Gasteiger partial charge in [0.2, 0.25) is 0 Å². The van der Waals surface area contributed by atoms with Crippen molar-refractivity contribution in [3.8, 4) is 0 Å². The number of amides is 2. The van der Waals surface area contributed by atoms with Gasteiger partial charge in [-0.2, -0.15) is 0 Å². The number of benzene rings is 2. The van der Waals surface area contributed by atoms with Gasteiger partial charge >= 0.3 is 6.03 Å². The minimum atomic E-state index is -0.201. The largest absolute Gasteiger partial charge is 0.348 e. The van der Waals surface area contributed by atoms with Crippen molar-refractivity contribution in [2.75, 3.05) is 5.32 Å². The lowest BCUT2D eigenvalue weighted by Crippen LogP contribution is -2.31. The first-order chi connectivity index (χ1) is 10.6. The van der Waals surface area contributed by atoms with E-state index in [2.05, 4.69) is 10.6 Å². The number of hydrogen-bond acceptors (Lipinski definition) is 1. The molecule has 0 aliphatic carbocycles. The number of anilines is 1. The molecule has 2 amide bonds. The highest BCUT2D eigenvalue weighted by atomic mass is 16.2. The van der Waals surface area contributed by atoms with Gasteiger partial charge in [-0.1, -0.05) is 48.5 Å². The molecule has 0 saturated carbocycles. The summed E-state index contributed by atoms with van der Waals surface area (Å²) in [5, 5.41) is 6.93. The number of urea groups is 1. The van der Waals surface area contributed by atoms with E-state index in [1.165, 1.54) is 0 Å². The van der Waals surface area contributed by atoms with Gasteiger partial charge in [0, 0.05) is 24.1 Å². The molecule has 3 aromatic rings. The van der Waals surface area contributed by atoms with Crippen molar-refractivity contribution in [1.82, 2.24) is 9.88 Å². The Morgan fingerprint density at radius 3 is 2.50 bits per heavy atom. The number of aryl methyl sites for hydroxylation is 1. The van der Waals surface area contributed by atoms with Crippen LogP contribution in [0.1, 0.15) is 18.5 Å². The van der Waals surface area contributed by atoms with Crippen molar-refractivity contribution >= 4 is 22.6 Å². The maximum atomic E-state index is 12.2. The summed E-state index contributed by atoms with van der Waals surface area (Å²) >= 11 is 0. The molecule has 0 unspecified atom stereocenters. The van der Waals surface area contributed by atoms with E-state index in [0.717, 1.165) is 22.2 Å². The summed E-state index contributed by atoms with van der Waals surface area (Å²) in [6.45, 7) is 1.97. The number of carbonyl (C=O) groups is 1. The Hall–Kier alpha value is -2.75. The second kappa shape index (κ2) is 5.93. The molecule has 0 saturated heterocycles. The Morgan fingerprint density at radius 1 is 1.05 bits per heavy atom. The van der Waals surface area contributed by atoms with Crippen LogP contribution in [0.3, 0.4) is 0 Å². The molecule has 1 aromatic heterocycles. The summed E-state index contributed by atoms with van der Waals surface area (Å²) in [7, 11) is 1.97. The number of carbonyl (C=O) groups excluding carboxylic acids is 1. The van der Waals surface area contributed by atoms with Gasteiger partial charge in [-0.3, -0.25) is 0 Å². The summed E-state index contributed by atoms with van der Waals surface area (Å²) in [6, 6.07) is 17.7. The Labute approximate surface area is 129 Å². The number of aromatic nitrogens is 1. The molecule has 0 fully saturated rings. The van der Waals surface area contributed by atoms with Crippen LogP contribution in [0.25, 0.3) is 10.9 Å². The Balaban J connectivity index is 1.74. The normalized spacial score (nSPS) is 12.1. The first kappa shape index (κ1) is 14.2. The summed E-state index contributed by atoms with van der Waals surface area (Å²) in [6.07, 6.45) is 1.93. The first-order valence-corrected chi connectivity index (χ1v) is 7.31. The number of para-hydroxylation sites is 1. The molecule has 4 nitrogen and oxygen atoms in total. The molecule has 4 heteroatoms. The van der Waals surface area contributed by atoms with E-state index in [1.807, 2.05) is 79.3 Å². The highest BCUT2D eigenvalue weighted by molar-refractivity contribution is 6.01. The lowest BCUT2D eigenvalue weighted by atomic mass is 10.1. The second-order valence-corrected chi connectivity index (χ2v) is 5.40. The molecule has 0 aliphatic rings. The Bertz CT molecular complexity index is 792. The van der Waals surface area contributed by atoms with Crippen LogP contribution in [-0.2, 0) is 7.05 Å². The van der Waals surface area contributed by atoms with E-state index in [0.29, 0.717) is 0 Å². The van der Waals surface area contributed by atoms with Crippen LogP contribution < -0.4 is 10.6 Å². The van der Waals surface area contributed by atoms with Gasteiger partial charge in [-0.15, -0.1) is 0 Å². The van der Waals surface area contributed by atoms with Gasteiger partial charge < -0.3 is 15.2 Å². The SMILES string of the molecule is C[C@@H](NC(=O)Nc1cn(C)c2ccccc12)c1ccccc1. The van der Waals surface area contributed by atoms with Crippen LogP contribution in [0.15, 0.2) is 60.8 Å². The van der Waals surface area contributed by atoms with Gasteiger partial charge in [0.15, 0.2) is 0 Å². The molecule has 112 valence electrons. The summed E-state index contributed by atoms with van der Waals surface area (Å²) < 4.78 is 2.01. The minimum Gasteiger partial charge on any atom is -0.348 e. The molecule has 1 heterocycles. The zero-order chi connectivity index (χ0) is 15.5. The monoisotopic (exact) mass is 293 g/mol. The zero-order valence-electron chi connectivity index (χ0n) is 12.7. The van der Waals surface area contributed by atoms with E-state index in [4.69, 9.17) is 0 Å².